The molecule has 1 saturated heterocycles. The Morgan fingerprint density at radius 1 is 1.23 bits per heavy atom. The Morgan fingerprint density at radius 2 is 2.07 bits per heavy atom. The van der Waals surface area contributed by atoms with Gasteiger partial charge in [-0.2, -0.15) is 0 Å². The standard InChI is InChI=1S/C23H27N5O2/c1-15-5-8-19(30-13-16-6-7-16)17(11-15)20-22-21(26-14-25-20)18(12-24-22)23(29)27-28-9-3-2-4-10-28/h5,8,11-12,14,16,24H,2-4,6-7,9-10,13H2,1H3,(H,27,29). The summed E-state index contributed by atoms with van der Waals surface area (Å²) in [5.74, 6) is 1.35. The minimum atomic E-state index is -0.137. The third-order valence-corrected chi connectivity index (χ3v) is 5.89. The van der Waals surface area contributed by atoms with Crippen LogP contribution < -0.4 is 10.2 Å². The van der Waals surface area contributed by atoms with Gasteiger partial charge in [-0.15, -0.1) is 0 Å². The number of carbonyl (C=O) groups is 1. The maximum Gasteiger partial charge on any atom is 0.269 e. The molecule has 3 aromatic rings. The average molecular weight is 406 g/mol. The fourth-order valence-corrected chi connectivity index (χ4v) is 3.97. The Labute approximate surface area is 175 Å². The molecule has 1 saturated carbocycles. The maximum atomic E-state index is 12.9. The lowest BCUT2D eigenvalue weighted by Crippen LogP contribution is -2.45. The summed E-state index contributed by atoms with van der Waals surface area (Å²) in [6.07, 6.45) is 9.17. The predicted molar refractivity (Wildman–Crippen MR) is 115 cm³/mol. The van der Waals surface area contributed by atoms with Gasteiger partial charge in [-0.3, -0.25) is 10.2 Å². The average Bonchev–Trinajstić information content (AvgIpc) is 3.49. The molecule has 0 unspecified atom stereocenters. The first-order valence-corrected chi connectivity index (χ1v) is 10.8. The summed E-state index contributed by atoms with van der Waals surface area (Å²) in [6.45, 7) is 4.57. The number of nitrogens with one attached hydrogen (secondary N) is 2. The van der Waals surface area contributed by atoms with Crippen molar-refractivity contribution in [3.05, 3.63) is 41.9 Å². The van der Waals surface area contributed by atoms with E-state index < -0.39 is 0 Å². The highest BCUT2D eigenvalue weighted by atomic mass is 16.5. The van der Waals surface area contributed by atoms with E-state index >= 15 is 0 Å². The quantitative estimate of drug-likeness (QED) is 0.651. The highest BCUT2D eigenvalue weighted by molar-refractivity contribution is 6.07. The second-order valence-electron chi connectivity index (χ2n) is 8.39. The largest absolute Gasteiger partial charge is 0.493 e. The summed E-state index contributed by atoms with van der Waals surface area (Å²) in [4.78, 5) is 25.1. The fraction of sp³-hybridized carbons (Fsp3) is 0.435. The minimum Gasteiger partial charge on any atom is -0.493 e. The summed E-state index contributed by atoms with van der Waals surface area (Å²) in [6, 6.07) is 6.14. The molecule has 156 valence electrons. The highest BCUT2D eigenvalue weighted by Crippen LogP contribution is 2.36. The highest BCUT2D eigenvalue weighted by Gasteiger charge is 2.24. The van der Waals surface area contributed by atoms with E-state index in [4.69, 9.17) is 4.74 Å². The molecule has 2 aromatic heterocycles. The van der Waals surface area contributed by atoms with E-state index in [0.717, 1.165) is 60.6 Å². The van der Waals surface area contributed by atoms with Crippen molar-refractivity contribution in [3.8, 4) is 17.0 Å². The number of ether oxygens (including phenoxy) is 1. The van der Waals surface area contributed by atoms with Gasteiger partial charge >= 0.3 is 0 Å². The van der Waals surface area contributed by atoms with E-state index in [9.17, 15) is 4.79 Å². The Kier molecular flexibility index (Phi) is 5.12. The summed E-state index contributed by atoms with van der Waals surface area (Å²) < 4.78 is 6.11. The summed E-state index contributed by atoms with van der Waals surface area (Å²) in [7, 11) is 0. The molecule has 7 heteroatoms. The van der Waals surface area contributed by atoms with Crippen molar-refractivity contribution in [1.29, 1.82) is 0 Å². The normalized spacial score (nSPS) is 17.2. The van der Waals surface area contributed by atoms with Gasteiger partial charge in [-0.25, -0.2) is 15.0 Å². The van der Waals surface area contributed by atoms with Crippen LogP contribution >= 0.6 is 0 Å². The zero-order valence-corrected chi connectivity index (χ0v) is 17.3. The number of nitrogens with zero attached hydrogens (tertiary/aromatic N) is 3. The number of benzene rings is 1. The molecule has 2 aliphatic rings. The van der Waals surface area contributed by atoms with Crippen molar-refractivity contribution in [2.24, 2.45) is 5.92 Å². The molecule has 1 aliphatic carbocycles. The van der Waals surface area contributed by atoms with Gasteiger partial charge in [0.1, 0.15) is 23.3 Å². The Hall–Kier alpha value is -2.93. The lowest BCUT2D eigenvalue weighted by molar-refractivity contribution is 0.0751. The van der Waals surface area contributed by atoms with Crippen molar-refractivity contribution >= 4 is 16.9 Å². The SMILES string of the molecule is Cc1ccc(OCC2CC2)c(-c2ncnc3c(C(=O)NN4CCCCC4)c[nH]c23)c1. The van der Waals surface area contributed by atoms with Gasteiger partial charge in [0.15, 0.2) is 0 Å². The third-order valence-electron chi connectivity index (χ3n) is 5.89. The van der Waals surface area contributed by atoms with E-state index in [1.807, 2.05) is 11.1 Å². The number of amides is 1. The molecule has 3 heterocycles. The fourth-order valence-electron chi connectivity index (χ4n) is 3.97. The molecular weight excluding hydrogens is 378 g/mol. The molecular formula is C23H27N5O2. The van der Waals surface area contributed by atoms with Crippen molar-refractivity contribution < 1.29 is 9.53 Å². The minimum absolute atomic E-state index is 0.137. The molecule has 0 spiro atoms. The van der Waals surface area contributed by atoms with Crippen LogP contribution in [-0.2, 0) is 0 Å². The monoisotopic (exact) mass is 405 g/mol. The molecule has 1 amide bonds. The number of hydrogen-bond donors (Lipinski definition) is 2. The lowest BCUT2D eigenvalue weighted by Gasteiger charge is -2.26. The van der Waals surface area contributed by atoms with Crippen LogP contribution in [0.25, 0.3) is 22.3 Å². The molecule has 2 N–H and O–H groups in total. The van der Waals surface area contributed by atoms with E-state index in [-0.39, 0.29) is 5.91 Å². The number of rotatable bonds is 6. The molecule has 1 aliphatic heterocycles. The van der Waals surface area contributed by atoms with Crippen LogP contribution in [0.3, 0.4) is 0 Å². The Balaban J connectivity index is 1.47. The van der Waals surface area contributed by atoms with Gasteiger partial charge in [0.2, 0.25) is 0 Å². The molecule has 0 bridgehead atoms. The molecule has 5 rings (SSSR count). The van der Waals surface area contributed by atoms with Crippen molar-refractivity contribution in [1.82, 2.24) is 25.4 Å². The lowest BCUT2D eigenvalue weighted by atomic mass is 10.1. The Morgan fingerprint density at radius 3 is 2.87 bits per heavy atom. The topological polar surface area (TPSA) is 83.1 Å². The van der Waals surface area contributed by atoms with Gasteiger partial charge in [0.25, 0.3) is 5.91 Å². The van der Waals surface area contributed by atoms with Crippen LogP contribution in [0, 0.1) is 12.8 Å². The van der Waals surface area contributed by atoms with Crippen molar-refractivity contribution in [2.75, 3.05) is 19.7 Å². The van der Waals surface area contributed by atoms with E-state index in [0.29, 0.717) is 17.0 Å². The summed E-state index contributed by atoms with van der Waals surface area (Å²) >= 11 is 0. The van der Waals surface area contributed by atoms with Crippen LogP contribution in [0.2, 0.25) is 0 Å². The van der Waals surface area contributed by atoms with Crippen molar-refractivity contribution in [3.63, 3.8) is 0 Å². The van der Waals surface area contributed by atoms with E-state index in [1.54, 1.807) is 6.20 Å². The molecule has 7 nitrogen and oxygen atoms in total. The first kappa shape index (κ1) is 19.1. The first-order valence-electron chi connectivity index (χ1n) is 10.8. The number of hydrazine groups is 1. The molecule has 0 atom stereocenters. The number of piperidine rings is 1. The number of aromatic amines is 1. The zero-order chi connectivity index (χ0) is 20.5. The second kappa shape index (κ2) is 8.07. The van der Waals surface area contributed by atoms with Crippen LogP contribution in [0.15, 0.2) is 30.7 Å². The summed E-state index contributed by atoms with van der Waals surface area (Å²) in [5, 5.41) is 2.00. The number of H-pyrrole nitrogens is 1. The van der Waals surface area contributed by atoms with Crippen LogP contribution in [-0.4, -0.2) is 45.6 Å². The number of aromatic nitrogens is 3. The van der Waals surface area contributed by atoms with Crippen LogP contribution in [0.5, 0.6) is 5.75 Å². The summed E-state index contributed by atoms with van der Waals surface area (Å²) in [5.41, 5.74) is 7.75. The number of hydrogen-bond acceptors (Lipinski definition) is 5. The molecule has 1 aromatic carbocycles. The van der Waals surface area contributed by atoms with Gasteiger partial charge in [-0.05, 0) is 50.7 Å². The first-order chi connectivity index (χ1) is 14.7. The number of fused-ring (bicyclic) bond motifs is 1. The number of carbonyl (C=O) groups excluding carboxylic acids is 1. The van der Waals surface area contributed by atoms with Gasteiger partial charge in [0.05, 0.1) is 17.7 Å². The van der Waals surface area contributed by atoms with Crippen LogP contribution in [0.1, 0.15) is 48.0 Å². The zero-order valence-electron chi connectivity index (χ0n) is 17.3. The Bertz CT molecular complexity index is 1070. The van der Waals surface area contributed by atoms with E-state index in [1.165, 1.54) is 25.6 Å². The van der Waals surface area contributed by atoms with Crippen LogP contribution in [0.4, 0.5) is 0 Å². The number of aryl methyl sites for hydroxylation is 1. The smallest absolute Gasteiger partial charge is 0.269 e. The second-order valence-corrected chi connectivity index (χ2v) is 8.39. The van der Waals surface area contributed by atoms with Crippen molar-refractivity contribution in [2.45, 2.75) is 39.0 Å². The van der Waals surface area contributed by atoms with Gasteiger partial charge in [-0.1, -0.05) is 18.1 Å². The molecule has 0 radical (unpaired) electrons. The predicted octanol–water partition coefficient (Wildman–Crippen LogP) is 3.85. The maximum absolute atomic E-state index is 12.9. The molecule has 2 fully saturated rings. The molecule has 30 heavy (non-hydrogen) atoms. The van der Waals surface area contributed by atoms with Gasteiger partial charge < -0.3 is 9.72 Å². The van der Waals surface area contributed by atoms with Gasteiger partial charge in [0, 0.05) is 24.8 Å². The van der Waals surface area contributed by atoms with E-state index in [2.05, 4.69) is 39.4 Å². The third kappa shape index (κ3) is 3.89.